The maximum Gasteiger partial charge on any atom is 0.264 e. The molecule has 0 unspecified atom stereocenters. The number of para-hydroxylation sites is 1. The van der Waals surface area contributed by atoms with Gasteiger partial charge in [0.1, 0.15) is 18.1 Å². The van der Waals surface area contributed by atoms with E-state index in [1.54, 1.807) is 49.4 Å². The van der Waals surface area contributed by atoms with E-state index in [2.05, 4.69) is 10.5 Å². The highest BCUT2D eigenvalue weighted by molar-refractivity contribution is 7.92. The van der Waals surface area contributed by atoms with Crippen LogP contribution in [0, 0.1) is 5.82 Å². The summed E-state index contributed by atoms with van der Waals surface area (Å²) in [5, 5.41) is 4.01. The van der Waals surface area contributed by atoms with Crippen molar-refractivity contribution >= 4 is 27.3 Å². The number of benzene rings is 3. The fraction of sp³-hybridized carbons (Fsp3) is 0.167. The second kappa shape index (κ2) is 10.7. The van der Waals surface area contributed by atoms with Crippen LogP contribution in [0.25, 0.3) is 0 Å². The number of anilines is 1. The minimum atomic E-state index is -4.05. The molecule has 1 amide bonds. The van der Waals surface area contributed by atoms with Crippen LogP contribution in [-0.2, 0) is 14.8 Å². The number of amides is 1. The number of hydrogen-bond acceptors (Lipinski definition) is 5. The highest BCUT2D eigenvalue weighted by atomic mass is 32.2. The predicted molar refractivity (Wildman–Crippen MR) is 125 cm³/mol. The first-order chi connectivity index (χ1) is 15.8. The van der Waals surface area contributed by atoms with Gasteiger partial charge < -0.3 is 4.74 Å². The average molecular weight is 470 g/mol. The molecular weight excluding hydrogens is 445 g/mol. The molecule has 7 nitrogen and oxygen atoms in total. The first-order valence-electron chi connectivity index (χ1n) is 10.2. The van der Waals surface area contributed by atoms with Gasteiger partial charge in [0.05, 0.1) is 22.9 Å². The third-order valence-corrected chi connectivity index (χ3v) is 6.45. The number of sulfonamides is 1. The van der Waals surface area contributed by atoms with Crippen LogP contribution in [0.5, 0.6) is 5.75 Å². The minimum Gasteiger partial charge on any atom is -0.494 e. The van der Waals surface area contributed by atoms with E-state index in [0.717, 1.165) is 4.31 Å². The summed E-state index contributed by atoms with van der Waals surface area (Å²) in [5.74, 6) is -0.463. The summed E-state index contributed by atoms with van der Waals surface area (Å²) in [4.78, 5) is 12.7. The van der Waals surface area contributed by atoms with Gasteiger partial charge in [-0.15, -0.1) is 0 Å². The zero-order chi connectivity index (χ0) is 23.8. The van der Waals surface area contributed by atoms with E-state index in [1.165, 1.54) is 36.4 Å². The van der Waals surface area contributed by atoms with Crippen molar-refractivity contribution < 1.29 is 22.3 Å². The molecule has 0 aliphatic heterocycles. The molecule has 0 aromatic heterocycles. The third kappa shape index (κ3) is 6.17. The van der Waals surface area contributed by atoms with Crippen molar-refractivity contribution in [3.05, 3.63) is 90.2 Å². The largest absolute Gasteiger partial charge is 0.494 e. The molecule has 0 saturated heterocycles. The molecular formula is C24H24FN3O4S. The quantitative estimate of drug-likeness (QED) is 0.380. The zero-order valence-corrected chi connectivity index (χ0v) is 19.0. The smallest absolute Gasteiger partial charge is 0.264 e. The molecule has 0 atom stereocenters. The summed E-state index contributed by atoms with van der Waals surface area (Å²) in [7, 11) is -4.05. The molecule has 9 heteroatoms. The number of carbonyl (C=O) groups excluding carboxylic acids is 1. The van der Waals surface area contributed by atoms with E-state index in [9.17, 15) is 17.6 Å². The second-order valence-electron chi connectivity index (χ2n) is 6.99. The van der Waals surface area contributed by atoms with Crippen LogP contribution in [0.15, 0.2) is 88.9 Å². The second-order valence-corrected chi connectivity index (χ2v) is 8.85. The Balaban J connectivity index is 1.83. The molecule has 0 heterocycles. The van der Waals surface area contributed by atoms with Crippen LogP contribution in [0.1, 0.15) is 19.4 Å². The first-order valence-corrected chi connectivity index (χ1v) is 11.6. The summed E-state index contributed by atoms with van der Waals surface area (Å²) in [6.45, 7) is 3.46. The van der Waals surface area contributed by atoms with Gasteiger partial charge in [-0.05, 0) is 67.9 Å². The Morgan fingerprint density at radius 3 is 2.24 bits per heavy atom. The molecule has 0 spiro atoms. The number of hydrogen-bond donors (Lipinski definition) is 1. The Bertz CT molecular complexity index is 1210. The van der Waals surface area contributed by atoms with E-state index in [-0.39, 0.29) is 10.7 Å². The van der Waals surface area contributed by atoms with Crippen molar-refractivity contribution in [2.45, 2.75) is 18.7 Å². The van der Waals surface area contributed by atoms with E-state index in [4.69, 9.17) is 4.74 Å². The van der Waals surface area contributed by atoms with Crippen molar-refractivity contribution in [1.82, 2.24) is 5.43 Å². The fourth-order valence-electron chi connectivity index (χ4n) is 2.98. The van der Waals surface area contributed by atoms with E-state index >= 15 is 0 Å². The lowest BCUT2D eigenvalue weighted by Gasteiger charge is -2.23. The molecule has 0 fully saturated rings. The number of rotatable bonds is 9. The van der Waals surface area contributed by atoms with Gasteiger partial charge in [0.15, 0.2) is 0 Å². The lowest BCUT2D eigenvalue weighted by molar-refractivity contribution is -0.119. The van der Waals surface area contributed by atoms with Crippen LogP contribution in [0.3, 0.4) is 0 Å². The van der Waals surface area contributed by atoms with Gasteiger partial charge in [-0.3, -0.25) is 9.10 Å². The van der Waals surface area contributed by atoms with Crippen molar-refractivity contribution in [3.8, 4) is 5.75 Å². The molecule has 3 aromatic carbocycles. The van der Waals surface area contributed by atoms with Crippen LogP contribution < -0.4 is 14.5 Å². The van der Waals surface area contributed by atoms with Gasteiger partial charge in [0.2, 0.25) is 0 Å². The van der Waals surface area contributed by atoms with Crippen molar-refractivity contribution in [3.63, 3.8) is 0 Å². The first kappa shape index (κ1) is 23.9. The molecule has 0 aliphatic rings. The van der Waals surface area contributed by atoms with E-state index < -0.39 is 22.5 Å². The monoisotopic (exact) mass is 469 g/mol. The van der Waals surface area contributed by atoms with Gasteiger partial charge in [0, 0.05) is 0 Å². The molecule has 3 aromatic rings. The highest BCUT2D eigenvalue weighted by Gasteiger charge is 2.27. The number of ether oxygens (including phenoxy) is 1. The lowest BCUT2D eigenvalue weighted by Crippen LogP contribution is -2.39. The summed E-state index contributed by atoms with van der Waals surface area (Å²) in [5.41, 5.74) is 3.78. The van der Waals surface area contributed by atoms with Gasteiger partial charge in [-0.25, -0.2) is 18.2 Å². The SMILES string of the molecule is CCOc1ccc(S(=O)(=O)N(CC(=O)N/N=C(\C)c2ccc(F)cc2)c2ccccc2)cc1. The maximum absolute atomic E-state index is 13.4. The van der Waals surface area contributed by atoms with Crippen LogP contribution in [-0.4, -0.2) is 33.2 Å². The molecule has 1 N–H and O–H groups in total. The third-order valence-electron chi connectivity index (χ3n) is 4.66. The topological polar surface area (TPSA) is 88.1 Å². The van der Waals surface area contributed by atoms with Crippen molar-refractivity contribution in [2.24, 2.45) is 5.10 Å². The average Bonchev–Trinajstić information content (AvgIpc) is 2.82. The molecule has 33 heavy (non-hydrogen) atoms. The minimum absolute atomic E-state index is 0.0219. The summed E-state index contributed by atoms with van der Waals surface area (Å²) < 4.78 is 46.2. The Hall–Kier alpha value is -3.72. The zero-order valence-electron chi connectivity index (χ0n) is 18.2. The Kier molecular flexibility index (Phi) is 7.78. The van der Waals surface area contributed by atoms with Crippen molar-refractivity contribution in [1.29, 1.82) is 0 Å². The number of halogens is 1. The lowest BCUT2D eigenvalue weighted by atomic mass is 10.1. The summed E-state index contributed by atoms with van der Waals surface area (Å²) in [6, 6.07) is 20.0. The van der Waals surface area contributed by atoms with Crippen LogP contribution >= 0.6 is 0 Å². The molecule has 0 bridgehead atoms. The highest BCUT2D eigenvalue weighted by Crippen LogP contribution is 2.25. The van der Waals surface area contributed by atoms with Gasteiger partial charge in [0.25, 0.3) is 15.9 Å². The normalized spacial score (nSPS) is 11.7. The molecule has 0 aliphatic carbocycles. The standard InChI is InChI=1S/C24H24FN3O4S/c1-3-32-22-13-15-23(16-14-22)33(30,31)28(21-7-5-4-6-8-21)17-24(29)27-26-18(2)19-9-11-20(25)12-10-19/h4-16H,3,17H2,1-2H3,(H,27,29)/b26-18+. The van der Waals surface area contributed by atoms with Gasteiger partial charge in [-0.2, -0.15) is 5.10 Å². The Labute approximate surface area is 192 Å². The maximum atomic E-state index is 13.4. The summed E-state index contributed by atoms with van der Waals surface area (Å²) in [6.07, 6.45) is 0. The Morgan fingerprint density at radius 2 is 1.64 bits per heavy atom. The number of carbonyl (C=O) groups is 1. The number of nitrogens with one attached hydrogen (secondary N) is 1. The Morgan fingerprint density at radius 1 is 1.00 bits per heavy atom. The van der Waals surface area contributed by atoms with Gasteiger partial charge >= 0.3 is 0 Å². The predicted octanol–water partition coefficient (Wildman–Crippen LogP) is 3.96. The molecule has 0 radical (unpaired) electrons. The van der Waals surface area contributed by atoms with Crippen molar-refractivity contribution in [2.75, 3.05) is 17.5 Å². The fourth-order valence-corrected chi connectivity index (χ4v) is 4.40. The molecule has 3 rings (SSSR count). The number of hydrazone groups is 1. The molecule has 0 saturated carbocycles. The molecule has 172 valence electrons. The van der Waals surface area contributed by atoms with E-state index in [1.807, 2.05) is 6.92 Å². The number of nitrogens with zero attached hydrogens (tertiary/aromatic N) is 2. The van der Waals surface area contributed by atoms with Gasteiger partial charge in [-0.1, -0.05) is 30.3 Å². The summed E-state index contributed by atoms with van der Waals surface area (Å²) >= 11 is 0. The van der Waals surface area contributed by atoms with Crippen LogP contribution in [0.2, 0.25) is 0 Å². The van der Waals surface area contributed by atoms with Crippen LogP contribution in [0.4, 0.5) is 10.1 Å². The van der Waals surface area contributed by atoms with E-state index in [0.29, 0.717) is 29.3 Å².